The van der Waals surface area contributed by atoms with Gasteiger partial charge in [-0.05, 0) is 95.1 Å². The van der Waals surface area contributed by atoms with E-state index in [1.54, 1.807) is 12.1 Å². The van der Waals surface area contributed by atoms with Crippen LogP contribution in [0.15, 0.2) is 182 Å². The summed E-state index contributed by atoms with van der Waals surface area (Å²) in [7, 11) is 0. The van der Waals surface area contributed by atoms with E-state index >= 15 is 0 Å². The summed E-state index contributed by atoms with van der Waals surface area (Å²) < 4.78 is 2.09. The predicted octanol–water partition coefficient (Wildman–Crippen LogP) is 16.3. The first-order valence-corrected chi connectivity index (χ1v) is 23.6. The molecule has 0 amide bonds. The summed E-state index contributed by atoms with van der Waals surface area (Å²) in [5, 5.41) is 42.5. The van der Waals surface area contributed by atoms with Crippen LogP contribution in [0.4, 0.5) is 22.7 Å². The van der Waals surface area contributed by atoms with E-state index < -0.39 is 0 Å². The van der Waals surface area contributed by atoms with Gasteiger partial charge in [0, 0.05) is 60.8 Å². The Bertz CT molecular complexity index is 4310. The SMILES string of the molecule is [C-]#[N+]c1cccc(-c2cc(-c3nc(-c4ccccc4)nc(-c4ccccc4)n3)cc(-c3cccc(C#N)c3)c2-n2c3ccc(-c4c(C#N)cc(C#N)cc4[N+]#[C-])cc3c3cc(-c4c(C#N)cc([N+]#[C-])cc4[N+]#[C-])ccc32)c1. The molecular formula is C65H30N12. The molecule has 0 saturated carbocycles. The minimum absolute atomic E-state index is 0.117. The van der Waals surface area contributed by atoms with Crippen molar-refractivity contribution >= 4 is 44.6 Å². The van der Waals surface area contributed by atoms with E-state index in [0.29, 0.717) is 106 Å². The van der Waals surface area contributed by atoms with Gasteiger partial charge in [-0.15, -0.1) is 0 Å². The highest BCUT2D eigenvalue weighted by molar-refractivity contribution is 6.14. The third kappa shape index (κ3) is 8.42. The quantitative estimate of drug-likeness (QED) is 0.137. The molecule has 0 atom stereocenters. The van der Waals surface area contributed by atoms with E-state index in [0.717, 1.165) is 11.1 Å². The molecule has 2 aromatic heterocycles. The molecule has 0 radical (unpaired) electrons. The number of hydrogen-bond donors (Lipinski definition) is 0. The van der Waals surface area contributed by atoms with Crippen molar-refractivity contribution in [3.8, 4) is 109 Å². The fourth-order valence-electron chi connectivity index (χ4n) is 9.78. The zero-order valence-electron chi connectivity index (χ0n) is 40.2. The van der Waals surface area contributed by atoms with Gasteiger partial charge >= 0.3 is 0 Å². The van der Waals surface area contributed by atoms with Crippen molar-refractivity contribution in [2.24, 2.45) is 0 Å². The van der Waals surface area contributed by atoms with Crippen molar-refractivity contribution in [1.29, 1.82) is 21.0 Å². The number of hydrogen-bond acceptors (Lipinski definition) is 7. The molecule has 0 bridgehead atoms. The van der Waals surface area contributed by atoms with Crippen LogP contribution in [0.5, 0.6) is 0 Å². The lowest BCUT2D eigenvalue weighted by atomic mass is 9.91. The Labute approximate surface area is 441 Å². The number of rotatable bonds is 8. The summed E-state index contributed by atoms with van der Waals surface area (Å²) in [4.78, 5) is 30.1. The van der Waals surface area contributed by atoms with E-state index in [4.69, 9.17) is 41.2 Å². The third-order valence-corrected chi connectivity index (χ3v) is 13.2. The Kier molecular flexibility index (Phi) is 12.1. The van der Waals surface area contributed by atoms with Crippen LogP contribution in [0.3, 0.4) is 0 Å². The summed E-state index contributed by atoms with van der Waals surface area (Å²) in [6, 6.07) is 63.7. The Morgan fingerprint density at radius 3 is 1.38 bits per heavy atom. The molecule has 77 heavy (non-hydrogen) atoms. The third-order valence-electron chi connectivity index (χ3n) is 13.2. The second-order valence-electron chi connectivity index (χ2n) is 17.6. The van der Waals surface area contributed by atoms with Crippen LogP contribution in [0, 0.1) is 71.6 Å². The second-order valence-corrected chi connectivity index (χ2v) is 17.6. The second kappa shape index (κ2) is 19.7. The molecule has 0 N–H and O–H groups in total. The first-order valence-electron chi connectivity index (χ1n) is 23.6. The number of benzene rings is 9. The molecule has 0 spiro atoms. The lowest BCUT2D eigenvalue weighted by molar-refractivity contribution is 1.07. The summed E-state index contributed by atoms with van der Waals surface area (Å²) in [5.74, 6) is 1.26. The summed E-state index contributed by atoms with van der Waals surface area (Å²) in [6.45, 7) is 32.1. The van der Waals surface area contributed by atoms with Gasteiger partial charge in [0.1, 0.15) is 0 Å². The monoisotopic (exact) mass is 978 g/mol. The van der Waals surface area contributed by atoms with Crippen molar-refractivity contribution in [1.82, 2.24) is 19.5 Å². The first kappa shape index (κ1) is 47.1. The molecule has 12 heteroatoms. The highest BCUT2D eigenvalue weighted by atomic mass is 15.0. The topological polar surface area (TPSA) is 156 Å². The molecule has 0 aliphatic heterocycles. The zero-order chi connectivity index (χ0) is 53.2. The Morgan fingerprint density at radius 2 is 0.857 bits per heavy atom. The maximum absolute atomic E-state index is 10.5. The fraction of sp³-hybridized carbons (Fsp3) is 0. The molecule has 0 unspecified atom stereocenters. The number of fused-ring (bicyclic) bond motifs is 3. The summed E-state index contributed by atoms with van der Waals surface area (Å²) >= 11 is 0. The van der Waals surface area contributed by atoms with Gasteiger partial charge in [0.15, 0.2) is 40.2 Å². The summed E-state index contributed by atoms with van der Waals surface area (Å²) in [5.41, 5.74) is 10.2. The van der Waals surface area contributed by atoms with Gasteiger partial charge in [-0.2, -0.15) is 21.0 Å². The molecule has 2 heterocycles. The Morgan fingerprint density at radius 1 is 0.364 bits per heavy atom. The maximum atomic E-state index is 10.5. The fourth-order valence-corrected chi connectivity index (χ4v) is 9.78. The van der Waals surface area contributed by atoms with Gasteiger partial charge in [-0.25, -0.2) is 34.3 Å². The van der Waals surface area contributed by atoms with E-state index in [9.17, 15) is 21.0 Å². The molecule has 12 nitrogen and oxygen atoms in total. The van der Waals surface area contributed by atoms with Crippen molar-refractivity contribution < 1.29 is 0 Å². The highest BCUT2D eigenvalue weighted by Crippen LogP contribution is 2.48. The van der Waals surface area contributed by atoms with Crippen LogP contribution in [-0.4, -0.2) is 19.5 Å². The lowest BCUT2D eigenvalue weighted by Crippen LogP contribution is -2.04. The van der Waals surface area contributed by atoms with E-state index in [1.165, 1.54) is 24.3 Å². The predicted molar refractivity (Wildman–Crippen MR) is 296 cm³/mol. The van der Waals surface area contributed by atoms with Crippen molar-refractivity contribution in [3.05, 3.63) is 250 Å². The van der Waals surface area contributed by atoms with Gasteiger partial charge in [0.2, 0.25) is 0 Å². The summed E-state index contributed by atoms with van der Waals surface area (Å²) in [6.07, 6.45) is 0. The van der Waals surface area contributed by atoms with Crippen LogP contribution in [-0.2, 0) is 0 Å². The average molecular weight is 979 g/mol. The molecule has 0 fully saturated rings. The van der Waals surface area contributed by atoms with E-state index in [2.05, 4.69) is 48.2 Å². The van der Waals surface area contributed by atoms with Crippen molar-refractivity contribution in [2.45, 2.75) is 0 Å². The van der Waals surface area contributed by atoms with Gasteiger partial charge in [-0.3, -0.25) is 0 Å². The molecule has 11 aromatic rings. The molecule has 0 saturated heterocycles. The molecule has 11 rings (SSSR count). The lowest BCUT2D eigenvalue weighted by Gasteiger charge is -2.21. The largest absolute Gasteiger partial charge is 0.308 e. The van der Waals surface area contributed by atoms with Gasteiger partial charge in [0.05, 0.1) is 78.4 Å². The number of nitriles is 4. The van der Waals surface area contributed by atoms with Gasteiger partial charge in [0.25, 0.3) is 0 Å². The molecule has 0 aliphatic rings. The molecule has 9 aromatic carbocycles. The van der Waals surface area contributed by atoms with E-state index in [-0.39, 0.29) is 33.8 Å². The normalized spacial score (nSPS) is 10.5. The van der Waals surface area contributed by atoms with Crippen molar-refractivity contribution in [2.75, 3.05) is 0 Å². The maximum Gasteiger partial charge on any atom is 0.197 e. The number of aromatic nitrogens is 4. The van der Waals surface area contributed by atoms with Gasteiger partial charge in [-0.1, -0.05) is 109 Å². The Hall–Kier alpha value is -12.3. The van der Waals surface area contributed by atoms with E-state index in [1.807, 2.05) is 146 Å². The van der Waals surface area contributed by atoms with Gasteiger partial charge < -0.3 is 4.57 Å². The minimum Gasteiger partial charge on any atom is -0.308 e. The number of nitrogens with zero attached hydrogens (tertiary/aromatic N) is 12. The highest BCUT2D eigenvalue weighted by Gasteiger charge is 2.26. The van der Waals surface area contributed by atoms with Crippen LogP contribution in [0.1, 0.15) is 22.3 Å². The van der Waals surface area contributed by atoms with Crippen molar-refractivity contribution in [3.63, 3.8) is 0 Å². The van der Waals surface area contributed by atoms with Crippen LogP contribution >= 0.6 is 0 Å². The Balaban J connectivity index is 1.30. The zero-order valence-corrected chi connectivity index (χ0v) is 40.2. The molecular weight excluding hydrogens is 949 g/mol. The first-order chi connectivity index (χ1) is 37.8. The smallest absolute Gasteiger partial charge is 0.197 e. The van der Waals surface area contributed by atoms with Crippen LogP contribution in [0.2, 0.25) is 0 Å². The van der Waals surface area contributed by atoms with Crippen LogP contribution < -0.4 is 0 Å². The molecule has 0 aliphatic carbocycles. The van der Waals surface area contributed by atoms with Crippen LogP contribution in [0.25, 0.3) is 126 Å². The minimum atomic E-state index is 0.117. The standard InChI is InChI=1S/C65H30N12/c1-70-50-20-12-19-44(28-50)53-33-47(65-75-63(41-14-7-5-8-15-41)74-64(76-65)42-16-9-6-10-17-42)32-52(43-18-11-13-39(25-43)35-66)62(53)77-58-23-21-45(60-48(37-68)26-40(36-67)27-56(60)72-3)30-54(58)55-31-46(22-24-59(55)77)61-49(38-69)29-51(71-2)34-57(61)73-4/h5-34H. The average Bonchev–Trinajstić information content (AvgIpc) is 3.94. The molecule has 350 valence electrons.